The van der Waals surface area contributed by atoms with Crippen molar-refractivity contribution in [1.82, 2.24) is 24.2 Å². The van der Waals surface area contributed by atoms with Crippen LogP contribution in [0.4, 0.5) is 5.95 Å². The summed E-state index contributed by atoms with van der Waals surface area (Å²) in [4.78, 5) is 14.8. The van der Waals surface area contributed by atoms with Crippen LogP contribution in [0.3, 0.4) is 0 Å². The Morgan fingerprint density at radius 1 is 0.797 bits per heavy atom. The number of benzene rings is 5. The number of nitrogens with one attached hydrogen (secondary N) is 1. The van der Waals surface area contributed by atoms with E-state index in [9.17, 15) is 5.26 Å². The third kappa shape index (κ3) is 11.4. The average Bonchev–Trinajstić information content (AvgIpc) is 3.97. The van der Waals surface area contributed by atoms with Gasteiger partial charge in [-0.25, -0.2) is 19.6 Å². The molecule has 0 bridgehead atoms. The molecule has 5 aromatic carbocycles. The molecular weight excluding hydrogens is 886 g/mol. The highest BCUT2D eigenvalue weighted by atomic mass is 31.2. The number of methoxy groups -OCH3 is 2. The number of ether oxygens (including phenoxy) is 4. The van der Waals surface area contributed by atoms with Crippen molar-refractivity contribution >= 4 is 37.8 Å². The highest BCUT2D eigenvalue weighted by Crippen LogP contribution is 2.51. The number of rotatable bonds is 22. The van der Waals surface area contributed by atoms with E-state index in [4.69, 9.17) is 42.9 Å². The molecule has 14 heteroatoms. The van der Waals surface area contributed by atoms with E-state index in [1.807, 2.05) is 132 Å². The normalized spacial score (nSPS) is 16.7. The van der Waals surface area contributed by atoms with Gasteiger partial charge in [-0.15, -0.1) is 0 Å². The maximum absolute atomic E-state index is 9.57. The van der Waals surface area contributed by atoms with Gasteiger partial charge in [-0.1, -0.05) is 121 Å². The Labute approximate surface area is 406 Å². The third-order valence-corrected chi connectivity index (χ3v) is 14.2. The van der Waals surface area contributed by atoms with Crippen LogP contribution < -0.4 is 14.8 Å². The summed E-state index contributed by atoms with van der Waals surface area (Å²) in [5.41, 5.74) is 5.59. The fourth-order valence-corrected chi connectivity index (χ4v) is 10.5. The van der Waals surface area contributed by atoms with E-state index in [0.717, 1.165) is 39.3 Å². The standard InChI is InChI=1S/C55H60N7O6P/c1-39(2)62(40(3)4)69(66-34-16-33-56)68-49-35-51(61-53-52(60-54(61)57-36-42-19-12-8-13-20-42)48(58-38-59-53)32-23-41-17-10-7-11-18-41)67-50(49)37-65-55(43-21-14-9-15-22-43,44-24-28-46(63-5)29-25-44)45-26-30-47(64-6)31-27-45/h7-15,17-32,38-40,49-51H,16,34-37H2,1-6H3,(H,57,60)/t49-,50+,51+,69?/m0/s1. The summed E-state index contributed by atoms with van der Waals surface area (Å²) >= 11 is 0. The first kappa shape index (κ1) is 48.9. The molecule has 1 saturated heterocycles. The number of anilines is 1. The molecule has 0 radical (unpaired) electrons. The van der Waals surface area contributed by atoms with E-state index >= 15 is 0 Å². The van der Waals surface area contributed by atoms with E-state index in [-0.39, 0.29) is 31.7 Å². The Bertz CT molecular complexity index is 2710. The molecule has 2 aromatic heterocycles. The molecule has 69 heavy (non-hydrogen) atoms. The summed E-state index contributed by atoms with van der Waals surface area (Å²) in [6.45, 7) is 9.34. The molecule has 13 nitrogen and oxygen atoms in total. The molecule has 1 N–H and O–H groups in total. The molecule has 356 valence electrons. The molecular formula is C55H60N7O6P. The molecule has 1 aliphatic rings. The zero-order valence-corrected chi connectivity index (χ0v) is 40.9. The van der Waals surface area contributed by atoms with E-state index in [2.05, 4.69) is 68.0 Å². The van der Waals surface area contributed by atoms with Gasteiger partial charge in [0.15, 0.2) is 5.65 Å². The monoisotopic (exact) mass is 945 g/mol. The van der Waals surface area contributed by atoms with Gasteiger partial charge in [0.1, 0.15) is 41.3 Å². The van der Waals surface area contributed by atoms with Crippen LogP contribution in [0.25, 0.3) is 23.3 Å². The van der Waals surface area contributed by atoms with Crippen molar-refractivity contribution in [2.45, 2.75) is 83.2 Å². The van der Waals surface area contributed by atoms with Crippen LogP contribution in [0.5, 0.6) is 11.5 Å². The summed E-state index contributed by atoms with van der Waals surface area (Å²) in [6, 6.07) is 48.8. The van der Waals surface area contributed by atoms with E-state index in [0.29, 0.717) is 35.8 Å². The van der Waals surface area contributed by atoms with Crippen LogP contribution in [-0.2, 0) is 30.7 Å². The molecule has 0 saturated carbocycles. The number of hydrogen-bond acceptors (Lipinski definition) is 12. The van der Waals surface area contributed by atoms with Gasteiger partial charge in [0, 0.05) is 25.0 Å². The first-order valence-corrected chi connectivity index (χ1v) is 24.5. The van der Waals surface area contributed by atoms with Crippen molar-refractivity contribution in [3.8, 4) is 17.6 Å². The molecule has 4 atom stereocenters. The second-order valence-corrected chi connectivity index (χ2v) is 18.6. The average molecular weight is 946 g/mol. The largest absolute Gasteiger partial charge is 0.497 e. The second kappa shape index (κ2) is 23.2. The molecule has 1 aliphatic heterocycles. The highest BCUT2D eigenvalue weighted by molar-refractivity contribution is 7.44. The van der Waals surface area contributed by atoms with Crippen molar-refractivity contribution < 1.29 is 28.0 Å². The van der Waals surface area contributed by atoms with E-state index < -0.39 is 32.6 Å². The zero-order chi connectivity index (χ0) is 48.2. The second-order valence-electron chi connectivity index (χ2n) is 17.2. The molecule has 1 fully saturated rings. The van der Waals surface area contributed by atoms with Gasteiger partial charge in [0.05, 0.1) is 51.7 Å². The van der Waals surface area contributed by atoms with Crippen LogP contribution in [0.1, 0.15) is 80.3 Å². The first-order chi connectivity index (χ1) is 33.7. The maximum Gasteiger partial charge on any atom is 0.259 e. The zero-order valence-electron chi connectivity index (χ0n) is 40.0. The summed E-state index contributed by atoms with van der Waals surface area (Å²) in [5.74, 6) is 2.02. The summed E-state index contributed by atoms with van der Waals surface area (Å²) in [5, 5.41) is 13.2. The minimum absolute atomic E-state index is 0.0762. The Morgan fingerprint density at radius 2 is 1.39 bits per heavy atom. The summed E-state index contributed by atoms with van der Waals surface area (Å²) < 4.78 is 44.1. The summed E-state index contributed by atoms with van der Waals surface area (Å²) in [7, 11) is 1.64. The molecule has 7 aromatic rings. The molecule has 3 heterocycles. The lowest BCUT2D eigenvalue weighted by atomic mass is 9.80. The van der Waals surface area contributed by atoms with E-state index in [1.54, 1.807) is 20.5 Å². The highest BCUT2D eigenvalue weighted by Gasteiger charge is 2.46. The van der Waals surface area contributed by atoms with Crippen molar-refractivity contribution in [3.05, 3.63) is 179 Å². The number of fused-ring (bicyclic) bond motifs is 1. The predicted molar refractivity (Wildman–Crippen MR) is 271 cm³/mol. The lowest BCUT2D eigenvalue weighted by Gasteiger charge is -2.39. The van der Waals surface area contributed by atoms with E-state index in [1.165, 1.54) is 0 Å². The maximum atomic E-state index is 9.57. The number of nitriles is 1. The minimum Gasteiger partial charge on any atom is -0.497 e. The van der Waals surface area contributed by atoms with Crippen molar-refractivity contribution in [2.75, 3.05) is 32.8 Å². The number of hydrogen-bond donors (Lipinski definition) is 1. The third-order valence-electron chi connectivity index (χ3n) is 12.0. The Hall–Kier alpha value is -6.49. The molecule has 8 rings (SSSR count). The van der Waals surface area contributed by atoms with Crippen LogP contribution in [0.2, 0.25) is 0 Å². The number of imidazole rings is 1. The molecule has 0 amide bonds. The smallest absolute Gasteiger partial charge is 0.259 e. The predicted octanol–water partition coefficient (Wildman–Crippen LogP) is 11.6. The Kier molecular flexibility index (Phi) is 16.5. The van der Waals surface area contributed by atoms with Gasteiger partial charge < -0.3 is 33.3 Å². The van der Waals surface area contributed by atoms with Gasteiger partial charge in [-0.3, -0.25) is 4.57 Å². The molecule has 0 aliphatic carbocycles. The van der Waals surface area contributed by atoms with Crippen LogP contribution in [0.15, 0.2) is 146 Å². The molecule has 0 spiro atoms. The van der Waals surface area contributed by atoms with Crippen molar-refractivity contribution in [3.63, 3.8) is 0 Å². The fraction of sp³-hybridized carbons (Fsp3) is 0.309. The van der Waals surface area contributed by atoms with Gasteiger partial charge >= 0.3 is 0 Å². The van der Waals surface area contributed by atoms with Gasteiger partial charge in [0.2, 0.25) is 5.95 Å². The number of aromatic nitrogens is 4. The van der Waals surface area contributed by atoms with Gasteiger partial charge in [-0.05, 0) is 85.9 Å². The lowest BCUT2D eigenvalue weighted by Crippen LogP contribution is -2.39. The minimum atomic E-state index is -1.68. The molecule has 1 unspecified atom stereocenters. The summed E-state index contributed by atoms with van der Waals surface area (Å²) in [6.07, 6.45) is 4.37. The van der Waals surface area contributed by atoms with Gasteiger partial charge in [-0.2, -0.15) is 5.26 Å². The first-order valence-electron chi connectivity index (χ1n) is 23.3. The Morgan fingerprint density at radius 3 is 1.99 bits per heavy atom. The van der Waals surface area contributed by atoms with Gasteiger partial charge in [0.25, 0.3) is 8.53 Å². The lowest BCUT2D eigenvalue weighted by molar-refractivity contribution is -0.0908. The van der Waals surface area contributed by atoms with Crippen LogP contribution in [-0.4, -0.2) is 75.9 Å². The fourth-order valence-electron chi connectivity index (χ4n) is 8.77. The topological polar surface area (TPSA) is 138 Å². The quantitative estimate of drug-likeness (QED) is 0.0393. The van der Waals surface area contributed by atoms with Crippen LogP contribution >= 0.6 is 8.53 Å². The SMILES string of the molecule is COc1ccc(C(OC[C@H]2O[C@@H](n3c(NCc4ccccc4)nc4c(C=Cc5ccccc5)ncnc43)C[C@@H]2OP(OCCC#N)N(C(C)C)C(C)C)(c2ccccc2)c2ccc(OC)cc2)cc1. The van der Waals surface area contributed by atoms with Crippen molar-refractivity contribution in [1.29, 1.82) is 5.26 Å². The number of nitrogens with zero attached hydrogens (tertiary/aromatic N) is 6. The Balaban J connectivity index is 1.24. The van der Waals surface area contributed by atoms with Crippen LogP contribution in [0, 0.1) is 11.3 Å². The van der Waals surface area contributed by atoms with Crippen molar-refractivity contribution in [2.24, 2.45) is 0 Å².